The molecule has 10 heteroatoms. The SMILES string of the molecule is COC(=O)Nc1ccc(C(=Nc2ccc(N(C)C(=O)C(C)(C)N)cc2)c2c(O)[nH]c3cc(Cl)ccc23)cc1. The Balaban J connectivity index is 1.79. The van der Waals surface area contributed by atoms with Gasteiger partial charge in [-0.3, -0.25) is 10.1 Å². The number of fused-ring (bicyclic) bond motifs is 1. The number of hydrogen-bond donors (Lipinski definition) is 4. The number of aromatic amines is 1. The normalized spacial score (nSPS) is 11.9. The van der Waals surface area contributed by atoms with Gasteiger partial charge in [-0.1, -0.05) is 29.8 Å². The van der Waals surface area contributed by atoms with E-state index in [0.29, 0.717) is 44.4 Å². The molecular weight excluding hydrogens is 506 g/mol. The van der Waals surface area contributed by atoms with Crippen molar-refractivity contribution < 1.29 is 19.4 Å². The summed E-state index contributed by atoms with van der Waals surface area (Å²) in [6, 6.07) is 19.4. The van der Waals surface area contributed by atoms with Gasteiger partial charge in [0.2, 0.25) is 5.91 Å². The molecule has 0 aliphatic heterocycles. The summed E-state index contributed by atoms with van der Waals surface area (Å²) in [7, 11) is 2.95. The second-order valence-corrected chi connectivity index (χ2v) is 9.73. The molecule has 0 radical (unpaired) electrons. The van der Waals surface area contributed by atoms with E-state index in [9.17, 15) is 14.7 Å². The summed E-state index contributed by atoms with van der Waals surface area (Å²) in [6.07, 6.45) is -0.584. The van der Waals surface area contributed by atoms with Crippen LogP contribution in [0.15, 0.2) is 71.7 Å². The molecule has 0 aliphatic carbocycles. The third kappa shape index (κ3) is 5.64. The number of hydrogen-bond acceptors (Lipinski definition) is 6. The fraction of sp³-hybridized carbons (Fsp3) is 0.179. The maximum atomic E-state index is 12.6. The number of aromatic hydroxyl groups is 1. The number of anilines is 2. The topological polar surface area (TPSA) is 133 Å². The molecule has 196 valence electrons. The van der Waals surface area contributed by atoms with Crippen LogP contribution in [0, 0.1) is 0 Å². The second kappa shape index (κ2) is 10.6. The van der Waals surface area contributed by atoms with Crippen molar-refractivity contribution in [2.45, 2.75) is 19.4 Å². The molecule has 38 heavy (non-hydrogen) atoms. The molecule has 1 aromatic heterocycles. The number of carbonyl (C=O) groups excluding carboxylic acids is 2. The molecule has 0 spiro atoms. The summed E-state index contributed by atoms with van der Waals surface area (Å²) in [5, 5.41) is 14.8. The molecular formula is C28H28ClN5O4. The molecule has 9 nitrogen and oxygen atoms in total. The Kier molecular flexibility index (Phi) is 7.43. The molecule has 4 aromatic rings. The Bertz CT molecular complexity index is 1520. The van der Waals surface area contributed by atoms with E-state index in [1.54, 1.807) is 81.6 Å². The van der Waals surface area contributed by atoms with Crippen molar-refractivity contribution >= 4 is 57.3 Å². The number of aromatic nitrogens is 1. The van der Waals surface area contributed by atoms with Crippen molar-refractivity contribution in [2.75, 3.05) is 24.4 Å². The Morgan fingerprint density at radius 1 is 1.08 bits per heavy atom. The van der Waals surface area contributed by atoms with Gasteiger partial charge in [0, 0.05) is 34.4 Å². The lowest BCUT2D eigenvalue weighted by Gasteiger charge is -2.25. The van der Waals surface area contributed by atoms with Crippen LogP contribution in [-0.4, -0.2) is 47.5 Å². The Labute approximate surface area is 224 Å². The highest BCUT2D eigenvalue weighted by atomic mass is 35.5. The Morgan fingerprint density at radius 3 is 2.34 bits per heavy atom. The number of methoxy groups -OCH3 is 1. The van der Waals surface area contributed by atoms with E-state index >= 15 is 0 Å². The lowest BCUT2D eigenvalue weighted by atomic mass is 10.0. The Hall–Kier alpha value is -4.34. The maximum absolute atomic E-state index is 12.6. The van der Waals surface area contributed by atoms with Gasteiger partial charge >= 0.3 is 6.09 Å². The van der Waals surface area contributed by atoms with E-state index in [4.69, 9.17) is 22.3 Å². The van der Waals surface area contributed by atoms with Crippen LogP contribution in [0.4, 0.5) is 21.9 Å². The first-order valence-electron chi connectivity index (χ1n) is 11.7. The van der Waals surface area contributed by atoms with E-state index in [1.165, 1.54) is 12.0 Å². The third-order valence-electron chi connectivity index (χ3n) is 5.90. The zero-order valence-electron chi connectivity index (χ0n) is 21.4. The third-order valence-corrected chi connectivity index (χ3v) is 6.14. The summed E-state index contributed by atoms with van der Waals surface area (Å²) < 4.78 is 4.65. The molecule has 3 aromatic carbocycles. The number of benzene rings is 3. The predicted octanol–water partition coefficient (Wildman–Crippen LogP) is 5.57. The first kappa shape index (κ1) is 26.7. The summed E-state index contributed by atoms with van der Waals surface area (Å²) in [5.74, 6) is -0.289. The van der Waals surface area contributed by atoms with Crippen LogP contribution < -0.4 is 16.0 Å². The van der Waals surface area contributed by atoms with Crippen LogP contribution in [0.25, 0.3) is 10.9 Å². The van der Waals surface area contributed by atoms with Gasteiger partial charge in [0.25, 0.3) is 0 Å². The average Bonchev–Trinajstić information content (AvgIpc) is 3.21. The molecule has 0 bridgehead atoms. The van der Waals surface area contributed by atoms with Crippen molar-refractivity contribution in [2.24, 2.45) is 10.7 Å². The van der Waals surface area contributed by atoms with Gasteiger partial charge in [-0.2, -0.15) is 0 Å². The van der Waals surface area contributed by atoms with Gasteiger partial charge < -0.3 is 25.5 Å². The number of H-pyrrole nitrogens is 1. The minimum Gasteiger partial charge on any atom is -0.494 e. The average molecular weight is 534 g/mol. The van der Waals surface area contributed by atoms with Crippen LogP contribution in [0.3, 0.4) is 0 Å². The fourth-order valence-corrected chi connectivity index (χ4v) is 4.14. The van der Waals surface area contributed by atoms with E-state index in [2.05, 4.69) is 15.0 Å². The molecule has 1 heterocycles. The number of aliphatic imine (C=N–C) groups is 1. The summed E-state index contributed by atoms with van der Waals surface area (Å²) in [4.78, 5) is 33.5. The molecule has 2 amide bonds. The maximum Gasteiger partial charge on any atom is 0.411 e. The molecule has 0 aliphatic rings. The molecule has 0 unspecified atom stereocenters. The quantitative estimate of drug-likeness (QED) is 0.240. The molecule has 5 N–H and O–H groups in total. The van der Waals surface area contributed by atoms with Gasteiger partial charge in [0.15, 0.2) is 5.88 Å². The second-order valence-electron chi connectivity index (χ2n) is 9.30. The van der Waals surface area contributed by atoms with E-state index < -0.39 is 11.6 Å². The van der Waals surface area contributed by atoms with Crippen LogP contribution in [-0.2, 0) is 9.53 Å². The number of rotatable bonds is 6. The number of ether oxygens (including phenoxy) is 1. The number of nitrogens with zero attached hydrogens (tertiary/aromatic N) is 2. The summed E-state index contributed by atoms with van der Waals surface area (Å²) >= 11 is 6.16. The smallest absolute Gasteiger partial charge is 0.411 e. The van der Waals surface area contributed by atoms with Gasteiger partial charge in [0.05, 0.1) is 35.1 Å². The first-order chi connectivity index (χ1) is 18.0. The lowest BCUT2D eigenvalue weighted by molar-refractivity contribution is -0.122. The fourth-order valence-electron chi connectivity index (χ4n) is 3.97. The van der Waals surface area contributed by atoms with Crippen LogP contribution in [0.1, 0.15) is 25.0 Å². The highest BCUT2D eigenvalue weighted by molar-refractivity contribution is 6.31. The number of carbonyl (C=O) groups is 2. The van der Waals surface area contributed by atoms with Crippen molar-refractivity contribution in [3.05, 3.63) is 82.9 Å². The number of nitrogens with two attached hydrogens (primary N) is 1. The molecule has 0 fully saturated rings. The number of halogens is 1. The van der Waals surface area contributed by atoms with Gasteiger partial charge in [-0.25, -0.2) is 9.79 Å². The van der Waals surface area contributed by atoms with Crippen molar-refractivity contribution in [3.63, 3.8) is 0 Å². The highest BCUT2D eigenvalue weighted by Crippen LogP contribution is 2.33. The predicted molar refractivity (Wildman–Crippen MR) is 151 cm³/mol. The highest BCUT2D eigenvalue weighted by Gasteiger charge is 2.26. The van der Waals surface area contributed by atoms with Crippen LogP contribution in [0.2, 0.25) is 5.02 Å². The summed E-state index contributed by atoms with van der Waals surface area (Å²) in [5.41, 5.74) is 9.07. The number of amides is 2. The zero-order chi connectivity index (χ0) is 27.6. The minimum absolute atomic E-state index is 0.0649. The van der Waals surface area contributed by atoms with E-state index in [0.717, 1.165) is 5.39 Å². The summed E-state index contributed by atoms with van der Waals surface area (Å²) in [6.45, 7) is 3.31. The number of likely N-dealkylation sites (N-methyl/N-ethyl adjacent to an activating group) is 1. The zero-order valence-corrected chi connectivity index (χ0v) is 22.1. The molecule has 0 saturated carbocycles. The van der Waals surface area contributed by atoms with Gasteiger partial charge in [-0.05, 0) is 62.4 Å². The lowest BCUT2D eigenvalue weighted by Crippen LogP contribution is -2.49. The first-order valence-corrected chi connectivity index (χ1v) is 12.1. The van der Waals surface area contributed by atoms with Gasteiger partial charge in [-0.15, -0.1) is 0 Å². The van der Waals surface area contributed by atoms with E-state index in [-0.39, 0.29) is 11.8 Å². The molecule has 0 atom stereocenters. The van der Waals surface area contributed by atoms with Crippen molar-refractivity contribution in [1.82, 2.24) is 4.98 Å². The van der Waals surface area contributed by atoms with E-state index in [1.807, 2.05) is 6.07 Å². The number of nitrogens with one attached hydrogen (secondary N) is 2. The van der Waals surface area contributed by atoms with Crippen molar-refractivity contribution in [1.29, 1.82) is 0 Å². The monoisotopic (exact) mass is 533 g/mol. The van der Waals surface area contributed by atoms with Gasteiger partial charge in [0.1, 0.15) is 0 Å². The molecule has 4 rings (SSSR count). The van der Waals surface area contributed by atoms with Crippen molar-refractivity contribution in [3.8, 4) is 5.88 Å². The molecule has 0 saturated heterocycles. The minimum atomic E-state index is -1.01. The van der Waals surface area contributed by atoms with Crippen LogP contribution >= 0.6 is 11.6 Å². The Morgan fingerprint density at radius 2 is 1.74 bits per heavy atom. The standard InChI is InChI=1S/C28H28ClN5O4/c1-28(2,30)26(36)34(3)20-12-10-18(11-13-20)31-24(16-5-8-19(9-6-16)32-27(37)38-4)23-21-14-7-17(29)15-22(21)33-25(23)35/h5-15,33,35H,30H2,1-4H3,(H,32,37). The largest absolute Gasteiger partial charge is 0.494 e. The van der Waals surface area contributed by atoms with Crippen LogP contribution in [0.5, 0.6) is 5.88 Å².